The molecule has 2 N–H and O–H groups in total. The molecule has 1 heterocycles. The number of amides is 2. The zero-order chi connectivity index (χ0) is 16.8. The minimum Gasteiger partial charge on any atom is -0.345 e. The number of nitrogens with zero attached hydrogens (tertiary/aromatic N) is 1. The van der Waals surface area contributed by atoms with Gasteiger partial charge in [0.05, 0.1) is 0 Å². The number of hydrogen-bond acceptors (Lipinski definition) is 3. The zero-order valence-corrected chi connectivity index (χ0v) is 14.3. The van der Waals surface area contributed by atoms with Crippen molar-refractivity contribution >= 4 is 17.5 Å². The highest BCUT2D eigenvalue weighted by Gasteiger charge is 2.22. The summed E-state index contributed by atoms with van der Waals surface area (Å²) in [6.45, 7) is 4.25. The first kappa shape index (κ1) is 17.5. The Balaban J connectivity index is 1.86. The molecule has 0 radical (unpaired) electrons. The van der Waals surface area contributed by atoms with Gasteiger partial charge in [0.1, 0.15) is 0 Å². The van der Waals surface area contributed by atoms with Gasteiger partial charge in [0.2, 0.25) is 5.91 Å². The van der Waals surface area contributed by atoms with E-state index in [1.54, 1.807) is 38.4 Å². The second kappa shape index (κ2) is 8.11. The predicted molar refractivity (Wildman–Crippen MR) is 92.5 cm³/mol. The number of benzene rings is 1. The molecule has 5 nitrogen and oxygen atoms in total. The fourth-order valence-corrected chi connectivity index (χ4v) is 2.99. The minimum atomic E-state index is -0.0405. The number of piperidine rings is 1. The Morgan fingerprint density at radius 2 is 2.00 bits per heavy atom. The van der Waals surface area contributed by atoms with Gasteiger partial charge < -0.3 is 15.5 Å². The molecule has 23 heavy (non-hydrogen) atoms. The molecule has 0 saturated carbocycles. The van der Waals surface area contributed by atoms with Crippen molar-refractivity contribution in [1.82, 2.24) is 10.2 Å². The first-order chi connectivity index (χ1) is 11.0. The van der Waals surface area contributed by atoms with E-state index < -0.39 is 0 Å². The van der Waals surface area contributed by atoms with Crippen molar-refractivity contribution in [2.75, 3.05) is 32.5 Å². The second-order valence-corrected chi connectivity index (χ2v) is 6.61. The summed E-state index contributed by atoms with van der Waals surface area (Å²) in [5.74, 6) is 0.947. The summed E-state index contributed by atoms with van der Waals surface area (Å²) < 4.78 is 0. The molecular weight excluding hydrogens is 290 g/mol. The smallest absolute Gasteiger partial charge is 0.253 e. The molecule has 0 spiro atoms. The number of hydrogen-bond donors (Lipinski definition) is 2. The van der Waals surface area contributed by atoms with Crippen molar-refractivity contribution in [2.45, 2.75) is 26.2 Å². The van der Waals surface area contributed by atoms with Crippen LogP contribution in [0.1, 0.15) is 36.5 Å². The molecule has 0 aliphatic carbocycles. The first-order valence-electron chi connectivity index (χ1n) is 8.29. The molecule has 5 heteroatoms. The van der Waals surface area contributed by atoms with Crippen LogP contribution >= 0.6 is 0 Å². The van der Waals surface area contributed by atoms with Crippen LogP contribution < -0.4 is 10.6 Å². The van der Waals surface area contributed by atoms with E-state index in [0.29, 0.717) is 23.8 Å². The van der Waals surface area contributed by atoms with Gasteiger partial charge in [-0.05, 0) is 62.0 Å². The lowest BCUT2D eigenvalue weighted by Gasteiger charge is -2.28. The number of carbonyl (C=O) groups is 2. The van der Waals surface area contributed by atoms with Gasteiger partial charge in [-0.3, -0.25) is 9.59 Å². The second-order valence-electron chi connectivity index (χ2n) is 6.61. The van der Waals surface area contributed by atoms with E-state index in [-0.39, 0.29) is 11.8 Å². The third-order valence-corrected chi connectivity index (χ3v) is 4.47. The largest absolute Gasteiger partial charge is 0.345 e. The van der Waals surface area contributed by atoms with Crippen molar-refractivity contribution in [3.63, 3.8) is 0 Å². The Morgan fingerprint density at radius 3 is 2.57 bits per heavy atom. The monoisotopic (exact) mass is 317 g/mol. The molecule has 1 fully saturated rings. The third-order valence-electron chi connectivity index (χ3n) is 4.47. The van der Waals surface area contributed by atoms with Crippen LogP contribution in [0.5, 0.6) is 0 Å². The van der Waals surface area contributed by atoms with Gasteiger partial charge in [-0.1, -0.05) is 6.92 Å². The Hall–Kier alpha value is -1.88. The van der Waals surface area contributed by atoms with E-state index in [0.717, 1.165) is 18.8 Å². The van der Waals surface area contributed by atoms with Crippen LogP contribution in [0.25, 0.3) is 0 Å². The van der Waals surface area contributed by atoms with Crippen LogP contribution in [0.4, 0.5) is 5.69 Å². The Kier molecular flexibility index (Phi) is 6.16. The van der Waals surface area contributed by atoms with E-state index in [1.165, 1.54) is 17.7 Å². The van der Waals surface area contributed by atoms with Gasteiger partial charge >= 0.3 is 0 Å². The summed E-state index contributed by atoms with van der Waals surface area (Å²) in [7, 11) is 3.44. The number of rotatable bonds is 5. The van der Waals surface area contributed by atoms with Crippen molar-refractivity contribution in [3.05, 3.63) is 29.8 Å². The van der Waals surface area contributed by atoms with Crippen molar-refractivity contribution in [2.24, 2.45) is 11.8 Å². The molecule has 2 rings (SSSR count). The average Bonchev–Trinajstić information content (AvgIpc) is 2.55. The molecule has 1 aliphatic rings. The van der Waals surface area contributed by atoms with Crippen LogP contribution in [0.15, 0.2) is 24.3 Å². The third kappa shape index (κ3) is 5.06. The van der Waals surface area contributed by atoms with Gasteiger partial charge in [0, 0.05) is 31.8 Å². The molecule has 2 unspecified atom stereocenters. The van der Waals surface area contributed by atoms with E-state index in [2.05, 4.69) is 17.6 Å². The summed E-state index contributed by atoms with van der Waals surface area (Å²) in [6, 6.07) is 7.04. The van der Waals surface area contributed by atoms with E-state index in [1.807, 2.05) is 0 Å². The van der Waals surface area contributed by atoms with Crippen LogP contribution in [-0.2, 0) is 4.79 Å². The molecule has 1 aromatic carbocycles. The molecule has 0 aromatic heterocycles. The lowest BCUT2D eigenvalue weighted by molar-refractivity contribution is -0.117. The topological polar surface area (TPSA) is 61.4 Å². The van der Waals surface area contributed by atoms with Gasteiger partial charge in [-0.25, -0.2) is 0 Å². The number of carbonyl (C=O) groups excluding carboxylic acids is 2. The van der Waals surface area contributed by atoms with Crippen molar-refractivity contribution < 1.29 is 9.59 Å². The molecule has 1 saturated heterocycles. The zero-order valence-electron chi connectivity index (χ0n) is 14.3. The Morgan fingerprint density at radius 1 is 1.30 bits per heavy atom. The fourth-order valence-electron chi connectivity index (χ4n) is 2.99. The minimum absolute atomic E-state index is 0.0368. The fraction of sp³-hybridized carbons (Fsp3) is 0.556. The maximum atomic E-state index is 12.2. The molecule has 1 aliphatic heterocycles. The van der Waals surface area contributed by atoms with Gasteiger partial charge in [-0.2, -0.15) is 0 Å². The lowest BCUT2D eigenvalue weighted by Crippen LogP contribution is -2.34. The summed E-state index contributed by atoms with van der Waals surface area (Å²) in [5.41, 5.74) is 1.36. The molecule has 1 aromatic rings. The number of nitrogens with one attached hydrogen (secondary N) is 2. The lowest BCUT2D eigenvalue weighted by atomic mass is 9.85. The predicted octanol–water partition coefficient (Wildman–Crippen LogP) is 2.35. The van der Waals surface area contributed by atoms with Crippen LogP contribution in [0.2, 0.25) is 0 Å². The quantitative estimate of drug-likeness (QED) is 0.876. The molecule has 2 amide bonds. The van der Waals surface area contributed by atoms with Gasteiger partial charge in [-0.15, -0.1) is 0 Å². The van der Waals surface area contributed by atoms with Crippen molar-refractivity contribution in [1.29, 1.82) is 0 Å². The molecule has 0 bridgehead atoms. The SMILES string of the molecule is CC(CC(=O)Nc1ccc(C(=O)N(C)C)cc1)C1CCCNC1. The maximum Gasteiger partial charge on any atom is 0.253 e. The summed E-state index contributed by atoms with van der Waals surface area (Å²) in [4.78, 5) is 25.6. The molecule has 2 atom stereocenters. The number of anilines is 1. The van der Waals surface area contributed by atoms with Crippen LogP contribution in [0.3, 0.4) is 0 Å². The van der Waals surface area contributed by atoms with Crippen LogP contribution in [0, 0.1) is 11.8 Å². The highest BCUT2D eigenvalue weighted by molar-refractivity contribution is 5.95. The van der Waals surface area contributed by atoms with Crippen LogP contribution in [-0.4, -0.2) is 43.9 Å². The normalized spacial score (nSPS) is 19.0. The summed E-state index contributed by atoms with van der Waals surface area (Å²) in [5, 5.41) is 6.32. The average molecular weight is 317 g/mol. The maximum absolute atomic E-state index is 12.2. The standard InChI is InChI=1S/C18H27N3O2/c1-13(15-5-4-10-19-12-15)11-17(22)20-16-8-6-14(7-9-16)18(23)21(2)3/h6-9,13,15,19H,4-5,10-12H2,1-3H3,(H,20,22). The molecule has 126 valence electrons. The Labute approximate surface area is 138 Å². The Bertz CT molecular complexity index is 534. The van der Waals surface area contributed by atoms with Gasteiger partial charge in [0.15, 0.2) is 0 Å². The van der Waals surface area contributed by atoms with Crippen molar-refractivity contribution in [3.8, 4) is 0 Å². The first-order valence-corrected chi connectivity index (χ1v) is 8.29. The highest BCUT2D eigenvalue weighted by Crippen LogP contribution is 2.23. The summed E-state index contributed by atoms with van der Waals surface area (Å²) in [6.07, 6.45) is 2.92. The van der Waals surface area contributed by atoms with Gasteiger partial charge in [0.25, 0.3) is 5.91 Å². The van der Waals surface area contributed by atoms with E-state index in [4.69, 9.17) is 0 Å². The van der Waals surface area contributed by atoms with E-state index >= 15 is 0 Å². The van der Waals surface area contributed by atoms with E-state index in [9.17, 15) is 9.59 Å². The highest BCUT2D eigenvalue weighted by atomic mass is 16.2. The molecular formula is C18H27N3O2. The summed E-state index contributed by atoms with van der Waals surface area (Å²) >= 11 is 0.